The molecule has 4 aromatic carbocycles. The van der Waals surface area contributed by atoms with E-state index in [-0.39, 0.29) is 35.9 Å². The monoisotopic (exact) mass is 932 g/mol. The molecule has 0 aliphatic carbocycles. The number of alkyl halides is 3. The largest absolute Gasteiger partial charge is 0.457 e. The molecule has 3 fully saturated rings. The van der Waals surface area contributed by atoms with Gasteiger partial charge in [-0.05, 0) is 92.4 Å². The first kappa shape index (κ1) is 48.8. The minimum Gasteiger partial charge on any atom is -0.457 e. The van der Waals surface area contributed by atoms with Crippen LogP contribution in [-0.4, -0.2) is 90.2 Å². The van der Waals surface area contributed by atoms with Gasteiger partial charge in [0.15, 0.2) is 18.6 Å². The van der Waals surface area contributed by atoms with Gasteiger partial charge in [-0.15, -0.1) is 0 Å². The number of piperidine rings is 1. The third kappa shape index (κ3) is 16.4. The number of anilines is 3. The number of likely N-dealkylation sites (tertiary alicyclic amines) is 3. The topological polar surface area (TPSA) is 214 Å². The quantitative estimate of drug-likeness (QED) is 0.0926. The second-order valence-corrected chi connectivity index (χ2v) is 15.7. The van der Waals surface area contributed by atoms with E-state index in [0.29, 0.717) is 66.3 Å². The second kappa shape index (κ2) is 24.0. The van der Waals surface area contributed by atoms with E-state index in [4.69, 9.17) is 43.7 Å². The Hall–Kier alpha value is -7.27. The number of nitriles is 3. The number of benzene rings is 4. The standard InChI is InChI=1S/C19H20N4O2.C13H13F3N4O.C12H12Cl2N4O/c20-14-23-11-5-7-16(13-23)22-19(24)21-15-6-4-10-18(12-15)25-17-8-2-1-3-9-17;14-13(15,16)9-1-3-10(4-2-9)18-12(21)19-11-5-6-20(7-11)8-17;13-8-1-2-11(10(14)5-8)17-12(19)16-9-3-4-18(6-9)7-15/h1-4,6,8-10,12,16H,5,7,11,13H2,(H2,21,22,24);1-4,11H,5-7H2,(H2,18,19,21);1-2,5,9H,3-4,6H2,(H2,16,17,19). The van der Waals surface area contributed by atoms with Crippen LogP contribution in [0.3, 0.4) is 0 Å². The summed E-state index contributed by atoms with van der Waals surface area (Å²) in [6.07, 6.45) is 4.98. The fourth-order valence-corrected chi connectivity index (χ4v) is 7.22. The smallest absolute Gasteiger partial charge is 0.416 e. The van der Waals surface area contributed by atoms with Crippen LogP contribution in [0.25, 0.3) is 0 Å². The van der Waals surface area contributed by atoms with Gasteiger partial charge in [0, 0.05) is 67.8 Å². The van der Waals surface area contributed by atoms with Gasteiger partial charge in [0.2, 0.25) is 0 Å². The predicted octanol–water partition coefficient (Wildman–Crippen LogP) is 8.60. The minimum atomic E-state index is -4.40. The van der Waals surface area contributed by atoms with Crippen LogP contribution in [0.2, 0.25) is 10.0 Å². The summed E-state index contributed by atoms with van der Waals surface area (Å²) in [5.41, 5.74) is 0.655. The average molecular weight is 934 g/mol. The van der Waals surface area contributed by atoms with E-state index in [9.17, 15) is 27.6 Å². The highest BCUT2D eigenvalue weighted by Crippen LogP contribution is 2.30. The highest BCUT2D eigenvalue weighted by molar-refractivity contribution is 6.36. The van der Waals surface area contributed by atoms with Crippen LogP contribution in [0.15, 0.2) is 97.1 Å². The van der Waals surface area contributed by atoms with Crippen molar-refractivity contribution in [3.63, 3.8) is 0 Å². The fourth-order valence-electron chi connectivity index (χ4n) is 6.77. The zero-order valence-corrected chi connectivity index (χ0v) is 36.3. The molecule has 65 heavy (non-hydrogen) atoms. The van der Waals surface area contributed by atoms with Crippen LogP contribution in [0, 0.1) is 34.4 Å². The van der Waals surface area contributed by atoms with Crippen LogP contribution >= 0.6 is 23.2 Å². The Morgan fingerprint density at radius 1 is 0.600 bits per heavy atom. The third-order valence-electron chi connectivity index (χ3n) is 9.95. The number of para-hydroxylation sites is 1. The molecule has 6 amide bonds. The van der Waals surface area contributed by atoms with E-state index >= 15 is 0 Å². The van der Waals surface area contributed by atoms with Gasteiger partial charge < -0.3 is 51.3 Å². The number of halogens is 5. The Morgan fingerprint density at radius 2 is 1.12 bits per heavy atom. The molecule has 3 aliphatic rings. The number of nitrogens with one attached hydrogen (secondary N) is 6. The number of hydrogen-bond acceptors (Lipinski definition) is 10. The lowest BCUT2D eigenvalue weighted by Crippen LogP contribution is -2.47. The predicted molar refractivity (Wildman–Crippen MR) is 239 cm³/mol. The van der Waals surface area contributed by atoms with Gasteiger partial charge in [-0.2, -0.15) is 29.0 Å². The summed E-state index contributed by atoms with van der Waals surface area (Å²) < 4.78 is 42.9. The number of ether oxygens (including phenoxy) is 1. The Bertz CT molecular complexity index is 2360. The van der Waals surface area contributed by atoms with Gasteiger partial charge in [0.05, 0.1) is 28.4 Å². The van der Waals surface area contributed by atoms with Crippen LogP contribution in [0.1, 0.15) is 31.2 Å². The van der Waals surface area contributed by atoms with E-state index in [1.807, 2.05) is 48.7 Å². The molecule has 340 valence electrons. The minimum absolute atomic E-state index is 0.0165. The van der Waals surface area contributed by atoms with Crippen molar-refractivity contribution in [1.82, 2.24) is 30.7 Å². The molecular weight excluding hydrogens is 888 g/mol. The maximum Gasteiger partial charge on any atom is 0.416 e. The second-order valence-electron chi connectivity index (χ2n) is 14.9. The van der Waals surface area contributed by atoms with Gasteiger partial charge in [-0.25, -0.2) is 14.4 Å². The summed E-state index contributed by atoms with van der Waals surface area (Å²) in [5, 5.41) is 43.6. The Morgan fingerprint density at radius 3 is 1.66 bits per heavy atom. The number of carbonyl (C=O) groups is 3. The maximum absolute atomic E-state index is 12.4. The molecule has 7 rings (SSSR count). The summed E-state index contributed by atoms with van der Waals surface area (Å²) in [6.45, 7) is 3.55. The normalized spacial score (nSPS) is 17.5. The molecule has 3 saturated heterocycles. The van der Waals surface area contributed by atoms with E-state index in [1.165, 1.54) is 17.0 Å². The van der Waals surface area contributed by atoms with E-state index in [2.05, 4.69) is 44.3 Å². The summed E-state index contributed by atoms with van der Waals surface area (Å²) >= 11 is 11.7. The number of carbonyl (C=O) groups excluding carboxylic acids is 3. The van der Waals surface area contributed by atoms with Crippen LogP contribution in [-0.2, 0) is 6.18 Å². The summed E-state index contributed by atoms with van der Waals surface area (Å²) in [5.74, 6) is 1.39. The van der Waals surface area contributed by atoms with Gasteiger partial charge in [0.25, 0.3) is 0 Å². The molecule has 0 aromatic heterocycles. The lowest BCUT2D eigenvalue weighted by Gasteiger charge is -2.29. The number of urea groups is 3. The third-order valence-corrected chi connectivity index (χ3v) is 10.5. The molecular formula is C44H45Cl2F3N12O4. The van der Waals surface area contributed by atoms with Crippen molar-refractivity contribution in [2.45, 2.75) is 50.0 Å². The number of rotatable bonds is 8. The van der Waals surface area contributed by atoms with Crippen molar-refractivity contribution in [3.05, 3.63) is 113 Å². The van der Waals surface area contributed by atoms with Gasteiger partial charge in [-0.1, -0.05) is 47.5 Å². The first-order valence-corrected chi connectivity index (χ1v) is 21.1. The highest BCUT2D eigenvalue weighted by Gasteiger charge is 2.30. The van der Waals surface area contributed by atoms with Crippen molar-refractivity contribution in [1.29, 1.82) is 15.8 Å². The molecule has 4 aromatic rings. The van der Waals surface area contributed by atoms with E-state index in [0.717, 1.165) is 43.7 Å². The van der Waals surface area contributed by atoms with Crippen molar-refractivity contribution >= 4 is 58.4 Å². The molecule has 3 aliphatic heterocycles. The van der Waals surface area contributed by atoms with Gasteiger partial charge in [-0.3, -0.25) is 0 Å². The molecule has 0 radical (unpaired) electrons. The Kier molecular flexibility index (Phi) is 18.0. The molecule has 3 unspecified atom stereocenters. The first-order chi connectivity index (χ1) is 31.2. The van der Waals surface area contributed by atoms with Crippen LogP contribution < -0.4 is 36.6 Å². The molecule has 16 nitrogen and oxygen atoms in total. The van der Waals surface area contributed by atoms with E-state index < -0.39 is 17.8 Å². The zero-order valence-electron chi connectivity index (χ0n) is 34.7. The Balaban J connectivity index is 0.000000185. The molecule has 0 spiro atoms. The zero-order chi connectivity index (χ0) is 46.8. The lowest BCUT2D eigenvalue weighted by atomic mass is 10.1. The van der Waals surface area contributed by atoms with Crippen molar-refractivity contribution in [2.24, 2.45) is 0 Å². The molecule has 0 saturated carbocycles. The molecule has 21 heteroatoms. The van der Waals surface area contributed by atoms with Gasteiger partial charge >= 0.3 is 24.3 Å². The number of hydrogen-bond donors (Lipinski definition) is 6. The summed E-state index contributed by atoms with van der Waals surface area (Å²) in [4.78, 5) is 40.5. The summed E-state index contributed by atoms with van der Waals surface area (Å²) in [7, 11) is 0. The fraction of sp³-hybridized carbons (Fsp3) is 0.318. The van der Waals surface area contributed by atoms with Crippen LogP contribution in [0.4, 0.5) is 44.6 Å². The molecule has 6 N–H and O–H groups in total. The SMILES string of the molecule is N#CN1CCC(NC(=O)Nc2ccc(C(F)(F)F)cc2)C1.N#CN1CCC(NC(=O)Nc2ccc(Cl)cc2Cl)C1.N#CN1CCCC(NC(=O)Nc2cccc(Oc3ccccc3)c2)C1. The maximum atomic E-state index is 12.4. The molecule has 0 bridgehead atoms. The van der Waals surface area contributed by atoms with E-state index in [1.54, 1.807) is 40.1 Å². The molecule has 3 atom stereocenters. The highest BCUT2D eigenvalue weighted by atomic mass is 35.5. The number of nitrogens with zero attached hydrogens (tertiary/aromatic N) is 6. The number of amides is 6. The van der Waals surface area contributed by atoms with Crippen molar-refractivity contribution < 1.29 is 32.3 Å². The lowest BCUT2D eigenvalue weighted by molar-refractivity contribution is -0.137. The van der Waals surface area contributed by atoms with Crippen molar-refractivity contribution in [3.8, 4) is 30.1 Å². The first-order valence-electron chi connectivity index (χ1n) is 20.3. The Labute approximate surface area is 383 Å². The van der Waals surface area contributed by atoms with Gasteiger partial charge in [0.1, 0.15) is 11.5 Å². The molecule has 3 heterocycles. The average Bonchev–Trinajstić information content (AvgIpc) is 3.94. The summed E-state index contributed by atoms with van der Waals surface area (Å²) in [6, 6.07) is 24.5. The van der Waals surface area contributed by atoms with Crippen LogP contribution in [0.5, 0.6) is 11.5 Å². The van der Waals surface area contributed by atoms with Crippen molar-refractivity contribution in [2.75, 3.05) is 55.2 Å².